The van der Waals surface area contributed by atoms with Crippen molar-refractivity contribution in [1.82, 2.24) is 0 Å². The Hall–Kier alpha value is -1.15. The van der Waals surface area contributed by atoms with Crippen molar-refractivity contribution in [3.05, 3.63) is 34.4 Å². The van der Waals surface area contributed by atoms with E-state index in [4.69, 9.17) is 5.73 Å². The lowest BCUT2D eigenvalue weighted by Gasteiger charge is -2.08. The van der Waals surface area contributed by atoms with Crippen LogP contribution in [0, 0.1) is 20.8 Å². The number of hydrogen-bond donors (Lipinski definition) is 1. The molecular weight excluding hydrogens is 174 g/mol. The van der Waals surface area contributed by atoms with Gasteiger partial charge in [0.2, 0.25) is 0 Å². The Morgan fingerprint density at radius 3 is 2.50 bits per heavy atom. The molecule has 0 spiro atoms. The van der Waals surface area contributed by atoms with E-state index in [2.05, 4.69) is 6.07 Å². The highest BCUT2D eigenvalue weighted by Gasteiger charge is 2.09. The van der Waals surface area contributed by atoms with Crippen molar-refractivity contribution in [1.29, 1.82) is 0 Å². The molecule has 0 fully saturated rings. The number of Topliss-reactive ketones (excluding diaryl/α,β-unsaturated/α-hetero) is 1. The zero-order chi connectivity index (χ0) is 10.7. The van der Waals surface area contributed by atoms with Gasteiger partial charge in [0, 0.05) is 12.0 Å². The minimum absolute atomic E-state index is 0.150. The van der Waals surface area contributed by atoms with Gasteiger partial charge in [-0.1, -0.05) is 11.6 Å². The van der Waals surface area contributed by atoms with Crippen LogP contribution in [0.15, 0.2) is 12.1 Å². The monoisotopic (exact) mass is 191 g/mol. The molecule has 0 aliphatic rings. The van der Waals surface area contributed by atoms with E-state index in [1.54, 1.807) is 0 Å². The summed E-state index contributed by atoms with van der Waals surface area (Å²) in [5.41, 5.74) is 9.58. The van der Waals surface area contributed by atoms with Crippen LogP contribution in [0.1, 0.15) is 33.5 Å². The third kappa shape index (κ3) is 2.20. The van der Waals surface area contributed by atoms with Gasteiger partial charge in [-0.05, 0) is 44.5 Å². The van der Waals surface area contributed by atoms with Crippen molar-refractivity contribution >= 4 is 5.78 Å². The summed E-state index contributed by atoms with van der Waals surface area (Å²) in [5.74, 6) is 0.150. The van der Waals surface area contributed by atoms with Crippen LogP contribution < -0.4 is 5.73 Å². The Bertz CT molecular complexity index is 356. The van der Waals surface area contributed by atoms with E-state index in [0.29, 0.717) is 13.0 Å². The summed E-state index contributed by atoms with van der Waals surface area (Å²) in [5, 5.41) is 0. The average molecular weight is 191 g/mol. The highest BCUT2D eigenvalue weighted by molar-refractivity contribution is 5.98. The summed E-state index contributed by atoms with van der Waals surface area (Å²) < 4.78 is 0. The van der Waals surface area contributed by atoms with Crippen molar-refractivity contribution in [2.75, 3.05) is 6.54 Å². The topological polar surface area (TPSA) is 43.1 Å². The number of carbonyl (C=O) groups is 1. The van der Waals surface area contributed by atoms with Crippen LogP contribution in [0.2, 0.25) is 0 Å². The van der Waals surface area contributed by atoms with Gasteiger partial charge in [-0.3, -0.25) is 4.79 Å². The summed E-state index contributed by atoms with van der Waals surface area (Å²) >= 11 is 0. The summed E-state index contributed by atoms with van der Waals surface area (Å²) in [6.07, 6.45) is 0.434. The zero-order valence-electron chi connectivity index (χ0n) is 9.05. The van der Waals surface area contributed by atoms with Crippen LogP contribution in [0.4, 0.5) is 0 Å². The molecule has 14 heavy (non-hydrogen) atoms. The Morgan fingerprint density at radius 2 is 1.93 bits per heavy atom. The van der Waals surface area contributed by atoms with E-state index in [9.17, 15) is 4.79 Å². The fourth-order valence-corrected chi connectivity index (χ4v) is 1.60. The summed E-state index contributed by atoms with van der Waals surface area (Å²) in [6, 6.07) is 4.04. The first kappa shape index (κ1) is 10.9. The van der Waals surface area contributed by atoms with Crippen LogP contribution in [0.25, 0.3) is 0 Å². The van der Waals surface area contributed by atoms with Crippen LogP contribution >= 0.6 is 0 Å². The number of hydrogen-bond acceptors (Lipinski definition) is 2. The first-order valence-corrected chi connectivity index (χ1v) is 4.87. The van der Waals surface area contributed by atoms with Gasteiger partial charge in [0.05, 0.1) is 0 Å². The van der Waals surface area contributed by atoms with E-state index >= 15 is 0 Å². The fourth-order valence-electron chi connectivity index (χ4n) is 1.60. The van der Waals surface area contributed by atoms with Crippen LogP contribution in [0.5, 0.6) is 0 Å². The van der Waals surface area contributed by atoms with Gasteiger partial charge in [0.15, 0.2) is 5.78 Å². The van der Waals surface area contributed by atoms with E-state index in [1.165, 1.54) is 5.56 Å². The van der Waals surface area contributed by atoms with E-state index in [0.717, 1.165) is 16.7 Å². The number of aryl methyl sites for hydroxylation is 2. The van der Waals surface area contributed by atoms with Crippen molar-refractivity contribution in [2.24, 2.45) is 5.73 Å². The molecule has 0 aliphatic heterocycles. The Labute approximate surface area is 85.1 Å². The SMILES string of the molecule is Cc1cc(C)c(C)c(C(=O)CCN)c1. The second kappa shape index (κ2) is 4.38. The van der Waals surface area contributed by atoms with Gasteiger partial charge in [-0.2, -0.15) is 0 Å². The lowest BCUT2D eigenvalue weighted by molar-refractivity contribution is 0.0984. The van der Waals surface area contributed by atoms with Gasteiger partial charge in [0.1, 0.15) is 0 Å². The minimum atomic E-state index is 0.150. The molecule has 2 N–H and O–H groups in total. The third-order valence-corrected chi connectivity index (χ3v) is 2.48. The van der Waals surface area contributed by atoms with Crippen molar-refractivity contribution in [3.63, 3.8) is 0 Å². The van der Waals surface area contributed by atoms with Gasteiger partial charge in [-0.15, -0.1) is 0 Å². The molecule has 0 saturated carbocycles. The molecule has 0 radical (unpaired) electrons. The summed E-state index contributed by atoms with van der Waals surface area (Å²) in [4.78, 5) is 11.7. The standard InChI is InChI=1S/C12H17NO/c1-8-6-9(2)10(3)11(7-8)12(14)4-5-13/h6-7H,4-5,13H2,1-3H3. The second-order valence-corrected chi connectivity index (χ2v) is 3.72. The molecule has 0 bridgehead atoms. The molecule has 1 rings (SSSR count). The van der Waals surface area contributed by atoms with Gasteiger partial charge < -0.3 is 5.73 Å². The first-order chi connectivity index (χ1) is 6.56. The lowest BCUT2D eigenvalue weighted by atomic mass is 9.96. The quantitative estimate of drug-likeness (QED) is 0.744. The number of benzene rings is 1. The molecule has 0 unspecified atom stereocenters. The molecule has 0 aromatic heterocycles. The predicted octanol–water partition coefficient (Wildman–Crippen LogP) is 2.14. The molecule has 0 aliphatic carbocycles. The second-order valence-electron chi connectivity index (χ2n) is 3.72. The van der Waals surface area contributed by atoms with Crippen LogP contribution in [-0.2, 0) is 0 Å². The van der Waals surface area contributed by atoms with E-state index < -0.39 is 0 Å². The molecule has 1 aromatic carbocycles. The number of ketones is 1. The van der Waals surface area contributed by atoms with Gasteiger partial charge in [-0.25, -0.2) is 0 Å². The molecule has 0 amide bonds. The Morgan fingerprint density at radius 1 is 1.29 bits per heavy atom. The highest BCUT2D eigenvalue weighted by atomic mass is 16.1. The molecule has 0 heterocycles. The van der Waals surface area contributed by atoms with Crippen LogP contribution in [0.3, 0.4) is 0 Å². The lowest BCUT2D eigenvalue weighted by Crippen LogP contribution is -2.10. The summed E-state index contributed by atoms with van der Waals surface area (Å²) in [6.45, 7) is 6.44. The highest BCUT2D eigenvalue weighted by Crippen LogP contribution is 2.17. The van der Waals surface area contributed by atoms with Crippen molar-refractivity contribution < 1.29 is 4.79 Å². The molecule has 2 heteroatoms. The Kier molecular flexibility index (Phi) is 3.42. The van der Waals surface area contributed by atoms with Gasteiger partial charge >= 0.3 is 0 Å². The average Bonchev–Trinajstić information content (AvgIpc) is 2.11. The predicted molar refractivity (Wildman–Crippen MR) is 58.7 cm³/mol. The maximum atomic E-state index is 11.7. The molecule has 0 saturated heterocycles. The molecule has 1 aromatic rings. The van der Waals surface area contributed by atoms with Crippen molar-refractivity contribution in [3.8, 4) is 0 Å². The zero-order valence-corrected chi connectivity index (χ0v) is 9.05. The first-order valence-electron chi connectivity index (χ1n) is 4.87. The number of nitrogens with two attached hydrogens (primary N) is 1. The van der Waals surface area contributed by atoms with Crippen molar-refractivity contribution in [2.45, 2.75) is 27.2 Å². The minimum Gasteiger partial charge on any atom is -0.330 e. The number of carbonyl (C=O) groups excluding carboxylic acids is 1. The fraction of sp³-hybridized carbons (Fsp3) is 0.417. The van der Waals surface area contributed by atoms with Gasteiger partial charge in [0.25, 0.3) is 0 Å². The molecule has 2 nitrogen and oxygen atoms in total. The van der Waals surface area contributed by atoms with E-state index in [1.807, 2.05) is 26.8 Å². The smallest absolute Gasteiger partial charge is 0.164 e. The molecule has 76 valence electrons. The normalized spacial score (nSPS) is 10.3. The maximum Gasteiger partial charge on any atom is 0.164 e. The largest absolute Gasteiger partial charge is 0.330 e. The number of rotatable bonds is 3. The maximum absolute atomic E-state index is 11.7. The Balaban J connectivity index is 3.13. The van der Waals surface area contributed by atoms with E-state index in [-0.39, 0.29) is 5.78 Å². The summed E-state index contributed by atoms with van der Waals surface area (Å²) in [7, 11) is 0. The third-order valence-electron chi connectivity index (χ3n) is 2.48. The van der Waals surface area contributed by atoms with Crippen LogP contribution in [-0.4, -0.2) is 12.3 Å². The molecule has 0 atom stereocenters. The molecular formula is C12H17NO.